The number of nitrogens with two attached hydrogens (primary N) is 1. The molecule has 0 radical (unpaired) electrons. The van der Waals surface area contributed by atoms with Gasteiger partial charge in [0, 0.05) is 30.8 Å². The minimum absolute atomic E-state index is 0.00789. The Bertz CT molecular complexity index is 802. The lowest BCUT2D eigenvalue weighted by molar-refractivity contribution is -0.144. The molecule has 3 unspecified atom stereocenters. The van der Waals surface area contributed by atoms with Gasteiger partial charge < -0.3 is 24.8 Å². The van der Waals surface area contributed by atoms with Gasteiger partial charge in [-0.2, -0.15) is 0 Å². The Balaban J connectivity index is 1.85. The van der Waals surface area contributed by atoms with Crippen molar-refractivity contribution < 1.29 is 28.6 Å². The van der Waals surface area contributed by atoms with Crippen molar-refractivity contribution in [3.63, 3.8) is 0 Å². The molecule has 0 aromatic heterocycles. The van der Waals surface area contributed by atoms with Crippen molar-refractivity contribution in [3.05, 3.63) is 22.6 Å². The number of allylic oxidation sites excluding steroid dienone is 2. The Kier molecular flexibility index (Phi) is 3.48. The summed E-state index contributed by atoms with van der Waals surface area (Å²) in [6.45, 7) is 1.99. The van der Waals surface area contributed by atoms with Crippen LogP contribution in [0.3, 0.4) is 0 Å². The van der Waals surface area contributed by atoms with Crippen LogP contribution in [0.4, 0.5) is 4.79 Å². The van der Waals surface area contributed by atoms with Gasteiger partial charge in [-0.1, -0.05) is 0 Å². The number of carbonyl (C=O) groups is 3. The number of rotatable bonds is 4. The van der Waals surface area contributed by atoms with Crippen molar-refractivity contribution in [1.82, 2.24) is 9.80 Å². The van der Waals surface area contributed by atoms with Crippen molar-refractivity contribution in [2.24, 2.45) is 11.7 Å². The third kappa shape index (κ3) is 1.79. The topological polar surface area (TPSA) is 111 Å². The van der Waals surface area contributed by atoms with E-state index in [1.165, 1.54) is 7.11 Å². The number of piperazine rings is 1. The highest BCUT2D eigenvalue weighted by Crippen LogP contribution is 2.59. The Morgan fingerprint density at radius 2 is 2.00 bits per heavy atom. The van der Waals surface area contributed by atoms with Gasteiger partial charge in [0.25, 0.3) is 0 Å². The van der Waals surface area contributed by atoms with Crippen LogP contribution in [0.25, 0.3) is 0 Å². The lowest BCUT2D eigenvalue weighted by Crippen LogP contribution is -2.55. The summed E-state index contributed by atoms with van der Waals surface area (Å²) in [6, 6.07) is 0.211. The van der Waals surface area contributed by atoms with E-state index in [2.05, 4.69) is 4.90 Å². The number of fused-ring (bicyclic) bond motifs is 4. The fraction of sp³-hybridized carbons (Fsp3) is 0.588. The summed E-state index contributed by atoms with van der Waals surface area (Å²) in [4.78, 5) is 41.3. The molecule has 4 rings (SSSR count). The second-order valence-electron chi connectivity index (χ2n) is 7.01. The Labute approximate surface area is 150 Å². The highest BCUT2D eigenvalue weighted by atomic mass is 16.6. The summed E-state index contributed by atoms with van der Waals surface area (Å²) in [7, 11) is 4.87. The maximum atomic E-state index is 13.1. The van der Waals surface area contributed by atoms with Crippen LogP contribution in [0.5, 0.6) is 0 Å². The number of Topliss-reactive ketones (excluding diaryl/α,β-unsaturated/α-hetero) is 2. The van der Waals surface area contributed by atoms with Gasteiger partial charge in [-0.25, -0.2) is 4.79 Å². The van der Waals surface area contributed by atoms with E-state index in [9.17, 15) is 14.4 Å². The Hall–Kier alpha value is -2.39. The molecule has 0 saturated carbocycles. The average Bonchev–Trinajstić information content (AvgIpc) is 3.00. The van der Waals surface area contributed by atoms with Crippen molar-refractivity contribution >= 4 is 17.7 Å². The normalized spacial score (nSPS) is 37.6. The SMILES string of the molecule is COC1=C(C)C(=O)C2=C(C1=O)[C@H](COC(N)=O)[C@]1(OC)C3C(CN21)N3C. The average molecular weight is 363 g/mol. The summed E-state index contributed by atoms with van der Waals surface area (Å²) < 4.78 is 16.2. The standard InChI is InChI=1S/C17H21N3O6/c1-7-12(21)11-10(13(22)14(7)24-3)8(6-26-16(18)23)17(25-4)15-9(19(15)2)5-20(11)17/h8-9,15H,5-6H2,1-4H3,(H2,18,23)/t8-,9?,15?,17-,19?/m0/s1. The predicted molar refractivity (Wildman–Crippen MR) is 87.6 cm³/mol. The van der Waals surface area contributed by atoms with Crippen molar-refractivity contribution in [1.29, 1.82) is 0 Å². The molecular formula is C17H21N3O6. The van der Waals surface area contributed by atoms with Gasteiger partial charge in [-0.15, -0.1) is 0 Å². The van der Waals surface area contributed by atoms with Crippen molar-refractivity contribution in [3.8, 4) is 0 Å². The van der Waals surface area contributed by atoms with Crippen LogP contribution in [0.2, 0.25) is 0 Å². The van der Waals surface area contributed by atoms with Crippen LogP contribution in [0.15, 0.2) is 22.6 Å². The van der Waals surface area contributed by atoms with E-state index < -0.39 is 17.7 Å². The van der Waals surface area contributed by atoms with Gasteiger partial charge in [0.2, 0.25) is 11.6 Å². The second-order valence-corrected chi connectivity index (χ2v) is 7.01. The molecular weight excluding hydrogens is 342 g/mol. The molecule has 3 aliphatic heterocycles. The van der Waals surface area contributed by atoms with Gasteiger partial charge >= 0.3 is 6.09 Å². The molecule has 0 bridgehead atoms. The number of hydrogen-bond acceptors (Lipinski definition) is 8. The quantitative estimate of drug-likeness (QED) is 0.520. The summed E-state index contributed by atoms with van der Waals surface area (Å²) in [5, 5.41) is 0. The predicted octanol–water partition coefficient (Wildman–Crippen LogP) is -0.621. The van der Waals surface area contributed by atoms with Crippen LogP contribution in [0, 0.1) is 5.92 Å². The van der Waals surface area contributed by atoms with Gasteiger partial charge in [-0.3, -0.25) is 14.5 Å². The van der Waals surface area contributed by atoms with Gasteiger partial charge in [-0.05, 0) is 14.0 Å². The summed E-state index contributed by atoms with van der Waals surface area (Å²) in [5.41, 5.74) is 5.07. The number of primary amides is 1. The molecule has 9 heteroatoms. The molecule has 3 heterocycles. The van der Waals surface area contributed by atoms with Crippen LogP contribution in [-0.4, -0.2) is 79.7 Å². The number of amides is 1. The van der Waals surface area contributed by atoms with E-state index in [0.717, 1.165) is 0 Å². The van der Waals surface area contributed by atoms with E-state index in [1.54, 1.807) is 14.0 Å². The lowest BCUT2D eigenvalue weighted by Gasteiger charge is -2.40. The molecule has 26 heavy (non-hydrogen) atoms. The highest BCUT2D eigenvalue weighted by molar-refractivity contribution is 6.25. The van der Waals surface area contributed by atoms with E-state index >= 15 is 0 Å². The number of nitrogens with zero attached hydrogens (tertiary/aromatic N) is 2. The maximum absolute atomic E-state index is 13.1. The first-order chi connectivity index (χ1) is 12.3. The fourth-order valence-electron chi connectivity index (χ4n) is 4.94. The zero-order valence-electron chi connectivity index (χ0n) is 15.1. The van der Waals surface area contributed by atoms with Gasteiger partial charge in [0.15, 0.2) is 11.5 Å². The Morgan fingerprint density at radius 1 is 1.31 bits per heavy atom. The molecule has 0 aromatic carbocycles. The number of likely N-dealkylation sites (N-methyl/N-ethyl adjacent to an activating group) is 1. The first kappa shape index (κ1) is 17.0. The Morgan fingerprint density at radius 3 is 2.58 bits per heavy atom. The van der Waals surface area contributed by atoms with Crippen LogP contribution >= 0.6 is 0 Å². The summed E-state index contributed by atoms with van der Waals surface area (Å²) in [5.74, 6) is -1.25. The molecule has 4 aliphatic rings. The number of methoxy groups -OCH3 is 2. The van der Waals surface area contributed by atoms with Crippen molar-refractivity contribution in [2.45, 2.75) is 24.7 Å². The van der Waals surface area contributed by atoms with E-state index in [0.29, 0.717) is 12.2 Å². The minimum Gasteiger partial charge on any atom is -0.492 e. The van der Waals surface area contributed by atoms with E-state index in [4.69, 9.17) is 19.9 Å². The zero-order valence-corrected chi connectivity index (χ0v) is 15.1. The molecule has 2 fully saturated rings. The maximum Gasteiger partial charge on any atom is 0.404 e. The minimum atomic E-state index is -0.950. The van der Waals surface area contributed by atoms with E-state index in [-0.39, 0.29) is 47.2 Å². The summed E-state index contributed by atoms with van der Waals surface area (Å²) in [6.07, 6.45) is -0.941. The van der Waals surface area contributed by atoms with Gasteiger partial charge in [0.1, 0.15) is 6.61 Å². The van der Waals surface area contributed by atoms with Crippen molar-refractivity contribution in [2.75, 3.05) is 34.4 Å². The first-order valence-electron chi connectivity index (χ1n) is 8.36. The molecule has 5 atom stereocenters. The third-order valence-corrected chi connectivity index (χ3v) is 6.10. The van der Waals surface area contributed by atoms with Crippen LogP contribution in [-0.2, 0) is 23.8 Å². The lowest BCUT2D eigenvalue weighted by atomic mass is 9.83. The summed E-state index contributed by atoms with van der Waals surface area (Å²) >= 11 is 0. The number of ether oxygens (including phenoxy) is 3. The molecule has 2 N–H and O–H groups in total. The zero-order chi connectivity index (χ0) is 19.0. The molecule has 9 nitrogen and oxygen atoms in total. The molecule has 140 valence electrons. The molecule has 2 saturated heterocycles. The largest absolute Gasteiger partial charge is 0.492 e. The first-order valence-corrected chi connectivity index (χ1v) is 8.36. The monoisotopic (exact) mass is 363 g/mol. The van der Waals surface area contributed by atoms with Crippen LogP contribution in [0.1, 0.15) is 6.92 Å². The highest BCUT2D eigenvalue weighted by Gasteiger charge is 2.75. The molecule has 0 spiro atoms. The third-order valence-electron chi connectivity index (χ3n) is 6.10. The molecule has 0 aromatic rings. The molecule has 1 amide bonds. The second kappa shape index (κ2) is 5.31. The van der Waals surface area contributed by atoms with Crippen LogP contribution < -0.4 is 5.73 Å². The smallest absolute Gasteiger partial charge is 0.404 e. The van der Waals surface area contributed by atoms with E-state index in [1.807, 2.05) is 11.9 Å². The molecule has 1 aliphatic carbocycles. The number of ketones is 2. The number of hydrogen-bond donors (Lipinski definition) is 1. The number of carbonyl (C=O) groups excluding carboxylic acids is 3. The van der Waals surface area contributed by atoms with Gasteiger partial charge in [0.05, 0.1) is 24.8 Å². The fourth-order valence-corrected chi connectivity index (χ4v) is 4.94.